The predicted octanol–water partition coefficient (Wildman–Crippen LogP) is 3.37. The van der Waals surface area contributed by atoms with Crippen LogP contribution in [0.2, 0.25) is 5.02 Å². The van der Waals surface area contributed by atoms with Crippen molar-refractivity contribution in [1.29, 1.82) is 0 Å². The quantitative estimate of drug-likeness (QED) is 0.847. The highest BCUT2D eigenvalue weighted by molar-refractivity contribution is 6.30. The average molecular weight is 327 g/mol. The molecule has 1 aromatic carbocycles. The van der Waals surface area contributed by atoms with Crippen LogP contribution in [0.5, 0.6) is 5.75 Å². The molecule has 1 aromatic rings. The van der Waals surface area contributed by atoms with Crippen LogP contribution in [-0.4, -0.2) is 28.4 Å². The molecule has 5 heteroatoms. The number of benzene rings is 1. The molecule has 0 saturated heterocycles. The first-order valence-corrected chi connectivity index (χ1v) is 7.76. The number of fused-ring (bicyclic) bond motifs is 1. The van der Waals surface area contributed by atoms with Gasteiger partial charge in [0.05, 0.1) is 0 Å². The molecule has 0 saturated carbocycles. The van der Waals surface area contributed by atoms with E-state index in [-0.39, 0.29) is 0 Å². The summed E-state index contributed by atoms with van der Waals surface area (Å²) in [7, 11) is 0. The molecule has 0 fully saturated rings. The van der Waals surface area contributed by atoms with Gasteiger partial charge in [-0.3, -0.25) is 0 Å². The molecular formula is C17H23ClO4. The van der Waals surface area contributed by atoms with Gasteiger partial charge in [-0.05, 0) is 64.8 Å². The van der Waals surface area contributed by atoms with Gasteiger partial charge in [0, 0.05) is 10.9 Å². The van der Waals surface area contributed by atoms with Gasteiger partial charge in [-0.2, -0.15) is 0 Å². The number of halogens is 1. The number of ether oxygens (including phenoxy) is 2. The normalized spacial score (nSPS) is 21.5. The Bertz CT molecular complexity index is 575. The lowest BCUT2D eigenvalue weighted by Crippen LogP contribution is -2.51. The predicted molar refractivity (Wildman–Crippen MR) is 85.2 cm³/mol. The van der Waals surface area contributed by atoms with Crippen LogP contribution in [0.1, 0.15) is 40.2 Å². The van der Waals surface area contributed by atoms with Crippen LogP contribution < -0.4 is 4.74 Å². The van der Waals surface area contributed by atoms with Crippen LogP contribution in [-0.2, 0) is 16.0 Å². The average Bonchev–Trinajstić information content (AvgIpc) is 2.35. The molecule has 2 rings (SSSR count). The zero-order chi connectivity index (χ0) is 16.7. The highest BCUT2D eigenvalue weighted by Gasteiger charge is 2.45. The SMILES string of the molecule is CC(C)(C)OC(=O)[C@@H](O)[C@H]1Cc2cc(Cl)ccc2OC1(C)C. The Hall–Kier alpha value is -1.26. The highest BCUT2D eigenvalue weighted by Crippen LogP contribution is 2.40. The van der Waals surface area contributed by atoms with Crippen LogP contribution in [0.15, 0.2) is 18.2 Å². The molecule has 4 nitrogen and oxygen atoms in total. The topological polar surface area (TPSA) is 55.8 Å². The van der Waals surface area contributed by atoms with E-state index in [1.807, 2.05) is 19.9 Å². The second kappa shape index (κ2) is 5.74. The maximum atomic E-state index is 12.2. The van der Waals surface area contributed by atoms with Crippen LogP contribution in [0.3, 0.4) is 0 Å². The summed E-state index contributed by atoms with van der Waals surface area (Å²) >= 11 is 6.02. The minimum atomic E-state index is -1.25. The maximum Gasteiger partial charge on any atom is 0.335 e. The first-order chi connectivity index (χ1) is 9.99. The van der Waals surface area contributed by atoms with E-state index in [4.69, 9.17) is 21.1 Å². The molecule has 0 radical (unpaired) electrons. The van der Waals surface area contributed by atoms with Crippen LogP contribution in [0, 0.1) is 5.92 Å². The van der Waals surface area contributed by atoms with Crippen molar-refractivity contribution in [3.63, 3.8) is 0 Å². The fourth-order valence-corrected chi connectivity index (χ4v) is 2.86. The monoisotopic (exact) mass is 326 g/mol. The van der Waals surface area contributed by atoms with Crippen LogP contribution in [0.4, 0.5) is 0 Å². The number of aliphatic hydroxyl groups excluding tert-OH is 1. The van der Waals surface area contributed by atoms with E-state index in [0.717, 1.165) is 11.3 Å². The second-order valence-corrected chi connectivity index (χ2v) is 7.68. The van der Waals surface area contributed by atoms with Gasteiger partial charge in [-0.1, -0.05) is 11.6 Å². The molecule has 1 aliphatic heterocycles. The van der Waals surface area contributed by atoms with Crippen molar-refractivity contribution in [3.8, 4) is 5.75 Å². The summed E-state index contributed by atoms with van der Waals surface area (Å²) in [4.78, 5) is 12.2. The van der Waals surface area contributed by atoms with Crippen molar-refractivity contribution in [2.24, 2.45) is 5.92 Å². The van der Waals surface area contributed by atoms with E-state index < -0.39 is 29.2 Å². The molecule has 1 aliphatic rings. The number of hydrogen-bond acceptors (Lipinski definition) is 4. The van der Waals surface area contributed by atoms with Gasteiger partial charge < -0.3 is 14.6 Å². The summed E-state index contributed by atoms with van der Waals surface area (Å²) in [6.07, 6.45) is -0.745. The van der Waals surface area contributed by atoms with E-state index in [2.05, 4.69) is 0 Å². The van der Waals surface area contributed by atoms with E-state index in [9.17, 15) is 9.90 Å². The molecule has 0 amide bonds. The number of hydrogen-bond donors (Lipinski definition) is 1. The van der Waals surface area contributed by atoms with Crippen LogP contribution in [0.25, 0.3) is 0 Å². The van der Waals surface area contributed by atoms with E-state index in [0.29, 0.717) is 11.4 Å². The van der Waals surface area contributed by atoms with Crippen molar-refractivity contribution < 1.29 is 19.4 Å². The smallest absolute Gasteiger partial charge is 0.335 e. The Kier molecular flexibility index (Phi) is 4.46. The van der Waals surface area contributed by atoms with E-state index in [1.54, 1.807) is 32.9 Å². The van der Waals surface area contributed by atoms with E-state index in [1.165, 1.54) is 0 Å². The molecule has 0 unspecified atom stereocenters. The van der Waals surface area contributed by atoms with Gasteiger partial charge >= 0.3 is 5.97 Å². The van der Waals surface area contributed by atoms with Gasteiger partial charge in [0.25, 0.3) is 0 Å². The fourth-order valence-electron chi connectivity index (χ4n) is 2.67. The zero-order valence-electron chi connectivity index (χ0n) is 13.6. The van der Waals surface area contributed by atoms with Crippen molar-refractivity contribution in [3.05, 3.63) is 28.8 Å². The zero-order valence-corrected chi connectivity index (χ0v) is 14.4. The molecule has 0 spiro atoms. The Labute approximate surface area is 136 Å². The largest absolute Gasteiger partial charge is 0.487 e. The molecular weight excluding hydrogens is 304 g/mol. The third-order valence-corrected chi connectivity index (χ3v) is 3.99. The summed E-state index contributed by atoms with van der Waals surface area (Å²) in [5.74, 6) is -0.296. The van der Waals surface area contributed by atoms with Crippen LogP contribution >= 0.6 is 11.6 Å². The Morgan fingerprint density at radius 2 is 2.09 bits per heavy atom. The number of esters is 1. The summed E-state index contributed by atoms with van der Waals surface area (Å²) in [5.41, 5.74) is -0.435. The first kappa shape index (κ1) is 17.1. The molecule has 1 heterocycles. The Balaban J connectivity index is 2.25. The molecule has 122 valence electrons. The number of aliphatic hydroxyl groups is 1. The molecule has 0 bridgehead atoms. The lowest BCUT2D eigenvalue weighted by atomic mass is 9.79. The lowest BCUT2D eigenvalue weighted by molar-refractivity contribution is -0.173. The molecule has 2 atom stereocenters. The van der Waals surface area contributed by atoms with Gasteiger partial charge in [0.2, 0.25) is 0 Å². The summed E-state index contributed by atoms with van der Waals surface area (Å²) < 4.78 is 11.2. The Morgan fingerprint density at radius 3 is 2.68 bits per heavy atom. The summed E-state index contributed by atoms with van der Waals surface area (Å²) in [6, 6.07) is 5.39. The van der Waals surface area contributed by atoms with Gasteiger partial charge in [-0.25, -0.2) is 4.79 Å². The highest BCUT2D eigenvalue weighted by atomic mass is 35.5. The standard InChI is InChI=1S/C17H23ClO4/c1-16(2,3)22-15(20)14(19)12-9-10-8-11(18)6-7-13(10)21-17(12,4)5/h6-8,12,14,19H,9H2,1-5H3/t12-,14+/m1/s1. The fraction of sp³-hybridized carbons (Fsp3) is 0.588. The molecule has 22 heavy (non-hydrogen) atoms. The summed E-state index contributed by atoms with van der Waals surface area (Å²) in [6.45, 7) is 9.05. The van der Waals surface area contributed by atoms with Crippen molar-refractivity contribution >= 4 is 17.6 Å². The third kappa shape index (κ3) is 3.73. The van der Waals surface area contributed by atoms with Crippen molar-refractivity contribution in [2.45, 2.75) is 58.3 Å². The minimum absolute atomic E-state index is 0.409. The molecule has 0 aliphatic carbocycles. The van der Waals surface area contributed by atoms with Gasteiger partial charge in [0.15, 0.2) is 6.10 Å². The maximum absolute atomic E-state index is 12.2. The minimum Gasteiger partial charge on any atom is -0.487 e. The van der Waals surface area contributed by atoms with Gasteiger partial charge in [0.1, 0.15) is 17.0 Å². The Morgan fingerprint density at radius 1 is 1.45 bits per heavy atom. The lowest BCUT2D eigenvalue weighted by Gasteiger charge is -2.41. The number of carbonyl (C=O) groups excluding carboxylic acids is 1. The number of carbonyl (C=O) groups is 1. The van der Waals surface area contributed by atoms with Crippen molar-refractivity contribution in [1.82, 2.24) is 0 Å². The summed E-state index contributed by atoms with van der Waals surface area (Å²) in [5, 5.41) is 11.1. The van der Waals surface area contributed by atoms with Crippen molar-refractivity contribution in [2.75, 3.05) is 0 Å². The molecule has 0 aromatic heterocycles. The van der Waals surface area contributed by atoms with Gasteiger partial charge in [-0.15, -0.1) is 0 Å². The third-order valence-electron chi connectivity index (χ3n) is 3.76. The second-order valence-electron chi connectivity index (χ2n) is 7.25. The van der Waals surface area contributed by atoms with E-state index >= 15 is 0 Å². The first-order valence-electron chi connectivity index (χ1n) is 7.38. The number of rotatable bonds is 2. The molecule has 1 N–H and O–H groups in total.